The fourth-order valence-corrected chi connectivity index (χ4v) is 5.17. The molecule has 1 saturated carbocycles. The zero-order chi connectivity index (χ0) is 20.4. The third kappa shape index (κ3) is 3.90. The molecule has 2 aromatic heterocycles. The largest absolute Gasteiger partial charge is 0.296 e. The molecule has 29 heavy (non-hydrogen) atoms. The van der Waals surface area contributed by atoms with E-state index >= 15 is 0 Å². The second-order valence-electron chi connectivity index (χ2n) is 7.41. The van der Waals surface area contributed by atoms with Crippen molar-refractivity contribution in [2.75, 3.05) is 7.05 Å². The van der Waals surface area contributed by atoms with Gasteiger partial charge in [0.2, 0.25) is 10.0 Å². The maximum absolute atomic E-state index is 12.9. The first-order valence-corrected chi connectivity index (χ1v) is 11.2. The van der Waals surface area contributed by atoms with E-state index < -0.39 is 10.0 Å². The van der Waals surface area contributed by atoms with Gasteiger partial charge in [0, 0.05) is 37.5 Å². The van der Waals surface area contributed by atoms with Crippen LogP contribution in [-0.2, 0) is 16.4 Å². The van der Waals surface area contributed by atoms with E-state index in [2.05, 4.69) is 10.1 Å². The summed E-state index contributed by atoms with van der Waals surface area (Å²) in [6.07, 6.45) is 7.40. The lowest BCUT2D eigenvalue weighted by atomic mass is 10.1. The van der Waals surface area contributed by atoms with Crippen molar-refractivity contribution in [3.8, 4) is 5.82 Å². The average Bonchev–Trinajstić information content (AvgIpc) is 3.39. The van der Waals surface area contributed by atoms with Crippen LogP contribution in [-0.4, -0.2) is 40.6 Å². The van der Waals surface area contributed by atoms with Crippen LogP contribution in [0.2, 0.25) is 0 Å². The van der Waals surface area contributed by atoms with Crippen LogP contribution in [0.15, 0.2) is 64.5 Å². The molecule has 1 aliphatic rings. The molecule has 8 heteroatoms. The third-order valence-corrected chi connectivity index (χ3v) is 7.44. The molecular formula is C21H24N4O3S. The lowest BCUT2D eigenvalue weighted by molar-refractivity contribution is 0.373. The molecule has 1 N–H and O–H groups in total. The lowest BCUT2D eigenvalue weighted by Crippen LogP contribution is -2.35. The first kappa shape index (κ1) is 19.6. The Labute approximate surface area is 170 Å². The normalized spacial score (nSPS) is 15.2. The van der Waals surface area contributed by atoms with Crippen LogP contribution in [0.25, 0.3) is 5.82 Å². The van der Waals surface area contributed by atoms with Gasteiger partial charge in [-0.05, 0) is 30.5 Å². The first-order chi connectivity index (χ1) is 14.0. The van der Waals surface area contributed by atoms with Crippen molar-refractivity contribution in [3.63, 3.8) is 0 Å². The van der Waals surface area contributed by atoms with Crippen LogP contribution in [0.4, 0.5) is 0 Å². The maximum atomic E-state index is 12.9. The summed E-state index contributed by atoms with van der Waals surface area (Å²) >= 11 is 0. The average molecular weight is 413 g/mol. The summed E-state index contributed by atoms with van der Waals surface area (Å²) in [6, 6.07) is 12.8. The summed E-state index contributed by atoms with van der Waals surface area (Å²) in [4.78, 5) is 17.1. The Balaban J connectivity index is 1.56. The van der Waals surface area contributed by atoms with Crippen LogP contribution >= 0.6 is 0 Å². The van der Waals surface area contributed by atoms with E-state index in [0.29, 0.717) is 17.8 Å². The van der Waals surface area contributed by atoms with E-state index in [4.69, 9.17) is 0 Å². The topological polar surface area (TPSA) is 88.1 Å². The van der Waals surface area contributed by atoms with E-state index in [1.54, 1.807) is 19.3 Å². The maximum Gasteiger partial charge on any atom is 0.276 e. The van der Waals surface area contributed by atoms with Crippen LogP contribution in [0.5, 0.6) is 0 Å². The van der Waals surface area contributed by atoms with Gasteiger partial charge in [-0.2, -0.15) is 4.31 Å². The van der Waals surface area contributed by atoms with E-state index in [1.807, 2.05) is 30.3 Å². The molecule has 0 bridgehead atoms. The van der Waals surface area contributed by atoms with Gasteiger partial charge in [-0.3, -0.25) is 9.89 Å². The summed E-state index contributed by atoms with van der Waals surface area (Å²) < 4.78 is 28.5. The SMILES string of the molecule is CN(C1CCCC1)S(=O)(=O)c1ccc(-n2[nH]cc(Cc3ccccc3)c2=O)nc1. The lowest BCUT2D eigenvalue weighted by Gasteiger charge is -2.23. The first-order valence-electron chi connectivity index (χ1n) is 9.74. The number of nitrogens with zero attached hydrogens (tertiary/aromatic N) is 3. The number of benzene rings is 1. The number of H-pyrrole nitrogens is 1. The molecule has 0 amide bonds. The minimum absolute atomic E-state index is 0.0475. The predicted octanol–water partition coefficient (Wildman–Crippen LogP) is 2.71. The van der Waals surface area contributed by atoms with Gasteiger partial charge >= 0.3 is 0 Å². The number of hydrogen-bond donors (Lipinski definition) is 1. The molecule has 1 aliphatic carbocycles. The summed E-state index contributed by atoms with van der Waals surface area (Å²) in [6.45, 7) is 0. The molecule has 0 atom stereocenters. The van der Waals surface area contributed by atoms with Gasteiger partial charge in [-0.15, -0.1) is 0 Å². The Morgan fingerprint density at radius 1 is 1.14 bits per heavy atom. The zero-order valence-corrected chi connectivity index (χ0v) is 17.1. The summed E-state index contributed by atoms with van der Waals surface area (Å²) in [5.41, 5.74) is 1.47. The number of hydrogen-bond acceptors (Lipinski definition) is 4. The Hall–Kier alpha value is -2.71. The van der Waals surface area contributed by atoms with E-state index in [-0.39, 0.29) is 16.5 Å². The van der Waals surface area contributed by atoms with Crippen LogP contribution < -0.4 is 5.56 Å². The molecule has 1 fully saturated rings. The molecule has 2 heterocycles. The Morgan fingerprint density at radius 3 is 2.52 bits per heavy atom. The Bertz CT molecular complexity index is 1130. The van der Waals surface area contributed by atoms with Crippen molar-refractivity contribution in [1.29, 1.82) is 0 Å². The van der Waals surface area contributed by atoms with Crippen molar-refractivity contribution in [3.05, 3.63) is 76.3 Å². The van der Waals surface area contributed by atoms with E-state index in [0.717, 1.165) is 31.2 Å². The van der Waals surface area contributed by atoms with Gasteiger partial charge in [0.15, 0.2) is 5.82 Å². The molecular weight excluding hydrogens is 388 g/mol. The van der Waals surface area contributed by atoms with Crippen molar-refractivity contribution in [2.24, 2.45) is 0 Å². The molecule has 152 valence electrons. The summed E-state index contributed by atoms with van der Waals surface area (Å²) in [5, 5.41) is 2.92. The smallest absolute Gasteiger partial charge is 0.276 e. The van der Waals surface area contributed by atoms with Crippen molar-refractivity contribution < 1.29 is 8.42 Å². The van der Waals surface area contributed by atoms with Gasteiger partial charge in [0.05, 0.1) is 0 Å². The minimum atomic E-state index is -3.59. The quantitative estimate of drug-likeness (QED) is 0.674. The highest BCUT2D eigenvalue weighted by molar-refractivity contribution is 7.89. The number of rotatable bonds is 6. The molecule has 0 aliphatic heterocycles. The number of aromatic nitrogens is 3. The number of pyridine rings is 1. The third-order valence-electron chi connectivity index (χ3n) is 5.55. The van der Waals surface area contributed by atoms with Gasteiger partial charge in [0.1, 0.15) is 4.90 Å². The molecule has 7 nitrogen and oxygen atoms in total. The molecule has 0 spiro atoms. The molecule has 0 radical (unpaired) electrons. The highest BCUT2D eigenvalue weighted by atomic mass is 32.2. The van der Waals surface area contributed by atoms with Gasteiger partial charge in [-0.1, -0.05) is 43.2 Å². The summed E-state index contributed by atoms with van der Waals surface area (Å²) in [7, 11) is -1.96. The van der Waals surface area contributed by atoms with Gasteiger partial charge in [-0.25, -0.2) is 18.1 Å². The van der Waals surface area contributed by atoms with E-state index in [1.165, 1.54) is 21.3 Å². The molecule has 0 saturated heterocycles. The molecule has 1 aromatic carbocycles. The standard InChI is InChI=1S/C21H24N4O3S/c1-24(18-9-5-6-10-18)29(27,28)19-11-12-20(22-15-19)25-21(26)17(14-23-25)13-16-7-3-2-4-8-16/h2-4,7-8,11-12,14-15,18,23H,5-6,9-10,13H2,1H3. The molecule has 4 rings (SSSR count). The van der Waals surface area contributed by atoms with Crippen LogP contribution in [0, 0.1) is 0 Å². The second-order valence-corrected chi connectivity index (χ2v) is 9.41. The Kier molecular flexibility index (Phi) is 5.38. The van der Waals surface area contributed by atoms with Gasteiger partial charge < -0.3 is 0 Å². The highest BCUT2D eigenvalue weighted by Crippen LogP contribution is 2.27. The highest BCUT2D eigenvalue weighted by Gasteiger charge is 2.30. The van der Waals surface area contributed by atoms with Gasteiger partial charge in [0.25, 0.3) is 5.56 Å². The predicted molar refractivity (Wildman–Crippen MR) is 111 cm³/mol. The zero-order valence-electron chi connectivity index (χ0n) is 16.3. The molecule has 0 unspecified atom stereocenters. The van der Waals surface area contributed by atoms with Crippen LogP contribution in [0.3, 0.4) is 0 Å². The van der Waals surface area contributed by atoms with Crippen molar-refractivity contribution in [1.82, 2.24) is 19.1 Å². The second kappa shape index (κ2) is 7.96. The fraction of sp³-hybridized carbons (Fsp3) is 0.333. The van der Waals surface area contributed by atoms with Crippen LogP contribution in [0.1, 0.15) is 36.8 Å². The fourth-order valence-electron chi connectivity index (χ4n) is 3.81. The summed E-state index contributed by atoms with van der Waals surface area (Å²) in [5.74, 6) is 0.358. The van der Waals surface area contributed by atoms with Crippen molar-refractivity contribution in [2.45, 2.75) is 43.0 Å². The van der Waals surface area contributed by atoms with E-state index in [9.17, 15) is 13.2 Å². The van der Waals surface area contributed by atoms with Crippen molar-refractivity contribution >= 4 is 10.0 Å². The minimum Gasteiger partial charge on any atom is -0.296 e. The molecule has 3 aromatic rings. The number of nitrogens with one attached hydrogen (secondary N) is 1. The number of aromatic amines is 1. The Morgan fingerprint density at radius 2 is 1.86 bits per heavy atom. The monoisotopic (exact) mass is 412 g/mol. The number of sulfonamides is 1.